The number of nitro groups is 1. The summed E-state index contributed by atoms with van der Waals surface area (Å²) < 4.78 is 0. The highest BCUT2D eigenvalue weighted by molar-refractivity contribution is 5.74. The summed E-state index contributed by atoms with van der Waals surface area (Å²) in [6.07, 6.45) is 0. The van der Waals surface area contributed by atoms with Crippen molar-refractivity contribution in [1.29, 1.82) is 0 Å². The maximum Gasteiger partial charge on any atom is 0.315 e. The average Bonchev–Trinajstić information content (AvgIpc) is 2.60. The summed E-state index contributed by atoms with van der Waals surface area (Å²) >= 11 is 0. The van der Waals surface area contributed by atoms with Crippen molar-refractivity contribution < 1.29 is 9.72 Å². The zero-order chi connectivity index (χ0) is 17.4. The fourth-order valence-electron chi connectivity index (χ4n) is 2.16. The number of hydrogen-bond acceptors (Lipinski definition) is 4. The molecule has 24 heavy (non-hydrogen) atoms. The number of carbonyl (C=O) groups is 1. The lowest BCUT2D eigenvalue weighted by Gasteiger charge is -2.15. The topological polar surface area (TPSA) is 96.3 Å². The number of rotatable bonds is 7. The highest BCUT2D eigenvalue weighted by atomic mass is 16.6. The van der Waals surface area contributed by atoms with Gasteiger partial charge in [0.2, 0.25) is 0 Å². The number of anilines is 1. The molecule has 0 aliphatic heterocycles. The quantitative estimate of drug-likeness (QED) is 0.413. The van der Waals surface area contributed by atoms with Crippen LogP contribution < -0.4 is 16.0 Å². The molecule has 1 unspecified atom stereocenters. The van der Waals surface area contributed by atoms with E-state index >= 15 is 0 Å². The molecule has 2 aromatic carbocycles. The molecule has 0 bridgehead atoms. The van der Waals surface area contributed by atoms with E-state index in [9.17, 15) is 14.9 Å². The molecule has 0 radical (unpaired) electrons. The highest BCUT2D eigenvalue weighted by Crippen LogP contribution is 2.15. The number of nitro benzene ring substituents is 1. The first-order valence-electron chi connectivity index (χ1n) is 7.64. The van der Waals surface area contributed by atoms with Gasteiger partial charge in [-0.15, -0.1) is 0 Å². The van der Waals surface area contributed by atoms with Crippen molar-refractivity contribution in [2.75, 3.05) is 18.4 Å². The predicted octanol–water partition coefficient (Wildman–Crippen LogP) is 3.07. The number of carbonyl (C=O) groups excluding carboxylic acids is 1. The maximum absolute atomic E-state index is 11.8. The lowest BCUT2D eigenvalue weighted by molar-refractivity contribution is -0.384. The van der Waals surface area contributed by atoms with Crippen LogP contribution in [-0.4, -0.2) is 24.0 Å². The maximum atomic E-state index is 11.8. The summed E-state index contributed by atoms with van der Waals surface area (Å²) in [6, 6.07) is 15.5. The van der Waals surface area contributed by atoms with Crippen LogP contribution in [0.15, 0.2) is 54.6 Å². The van der Waals surface area contributed by atoms with Crippen LogP contribution in [0.1, 0.15) is 18.5 Å². The van der Waals surface area contributed by atoms with Gasteiger partial charge in [-0.1, -0.05) is 30.3 Å². The molecule has 7 heteroatoms. The van der Waals surface area contributed by atoms with Crippen molar-refractivity contribution >= 4 is 17.4 Å². The molecule has 0 aromatic heterocycles. The van der Waals surface area contributed by atoms with E-state index in [2.05, 4.69) is 16.0 Å². The number of benzene rings is 2. The van der Waals surface area contributed by atoms with E-state index in [1.54, 1.807) is 12.1 Å². The lowest BCUT2D eigenvalue weighted by Crippen LogP contribution is -2.39. The molecule has 0 fully saturated rings. The van der Waals surface area contributed by atoms with Crippen LogP contribution in [0.3, 0.4) is 0 Å². The Morgan fingerprint density at radius 1 is 1.08 bits per heavy atom. The first kappa shape index (κ1) is 17.3. The predicted molar refractivity (Wildman–Crippen MR) is 93.0 cm³/mol. The Hall–Kier alpha value is -3.09. The molecule has 3 N–H and O–H groups in total. The molecule has 1 atom stereocenters. The van der Waals surface area contributed by atoms with Crippen LogP contribution >= 0.6 is 0 Å². The summed E-state index contributed by atoms with van der Waals surface area (Å²) in [5.74, 6) is 0. The van der Waals surface area contributed by atoms with Crippen molar-refractivity contribution in [3.05, 3.63) is 70.3 Å². The molecule has 0 spiro atoms. The van der Waals surface area contributed by atoms with Crippen molar-refractivity contribution in [2.45, 2.75) is 13.0 Å². The van der Waals surface area contributed by atoms with Gasteiger partial charge in [0.1, 0.15) is 0 Å². The van der Waals surface area contributed by atoms with Crippen LogP contribution in [0.5, 0.6) is 0 Å². The summed E-state index contributed by atoms with van der Waals surface area (Å²) in [4.78, 5) is 22.0. The Morgan fingerprint density at radius 3 is 2.38 bits per heavy atom. The molecule has 126 valence electrons. The second kappa shape index (κ2) is 8.52. The van der Waals surface area contributed by atoms with Gasteiger partial charge >= 0.3 is 6.03 Å². The van der Waals surface area contributed by atoms with Crippen molar-refractivity contribution in [3.8, 4) is 0 Å². The minimum Gasteiger partial charge on any atom is -0.383 e. The third-order valence-electron chi connectivity index (χ3n) is 3.46. The number of nitrogens with zero attached hydrogens (tertiary/aromatic N) is 1. The van der Waals surface area contributed by atoms with Gasteiger partial charge in [0.15, 0.2) is 0 Å². The van der Waals surface area contributed by atoms with E-state index in [-0.39, 0.29) is 17.8 Å². The zero-order valence-corrected chi connectivity index (χ0v) is 13.4. The normalized spacial score (nSPS) is 11.4. The van der Waals surface area contributed by atoms with Gasteiger partial charge in [-0.2, -0.15) is 0 Å². The first-order valence-corrected chi connectivity index (χ1v) is 7.64. The minimum atomic E-state index is -0.441. The van der Waals surface area contributed by atoms with E-state index in [4.69, 9.17) is 0 Å². The third-order valence-corrected chi connectivity index (χ3v) is 3.46. The van der Waals surface area contributed by atoms with E-state index < -0.39 is 4.92 Å². The van der Waals surface area contributed by atoms with E-state index in [0.717, 1.165) is 11.3 Å². The number of hydrogen-bond donors (Lipinski definition) is 3. The van der Waals surface area contributed by atoms with E-state index in [1.807, 2.05) is 37.3 Å². The molecule has 0 aliphatic carbocycles. The van der Waals surface area contributed by atoms with Gasteiger partial charge in [-0.05, 0) is 24.6 Å². The zero-order valence-electron chi connectivity index (χ0n) is 13.4. The second-order valence-corrected chi connectivity index (χ2v) is 5.26. The van der Waals surface area contributed by atoms with Crippen LogP contribution in [0.25, 0.3) is 0 Å². The molecule has 0 aliphatic rings. The van der Waals surface area contributed by atoms with Crippen LogP contribution in [0.4, 0.5) is 16.2 Å². The first-order chi connectivity index (χ1) is 11.6. The Morgan fingerprint density at radius 2 is 1.75 bits per heavy atom. The minimum absolute atomic E-state index is 0.0490. The fourth-order valence-corrected chi connectivity index (χ4v) is 2.16. The molecule has 2 amide bonds. The number of nitrogens with one attached hydrogen (secondary N) is 3. The molecule has 2 aromatic rings. The summed E-state index contributed by atoms with van der Waals surface area (Å²) in [6.45, 7) is 2.87. The fraction of sp³-hybridized carbons (Fsp3) is 0.235. The largest absolute Gasteiger partial charge is 0.383 e. The van der Waals surface area contributed by atoms with Crippen LogP contribution in [0, 0.1) is 10.1 Å². The Kier molecular flexibility index (Phi) is 6.13. The summed E-state index contributed by atoms with van der Waals surface area (Å²) in [5.41, 5.74) is 1.85. The lowest BCUT2D eigenvalue weighted by atomic mass is 10.1. The molecule has 0 saturated carbocycles. The van der Waals surface area contributed by atoms with Crippen molar-refractivity contribution in [2.24, 2.45) is 0 Å². The summed E-state index contributed by atoms with van der Waals surface area (Å²) in [7, 11) is 0. The average molecular weight is 328 g/mol. The second-order valence-electron chi connectivity index (χ2n) is 5.26. The Bertz CT molecular complexity index is 674. The van der Waals surface area contributed by atoms with Gasteiger partial charge in [0, 0.05) is 30.9 Å². The molecule has 2 rings (SSSR count). The van der Waals surface area contributed by atoms with Crippen LogP contribution in [-0.2, 0) is 0 Å². The number of amides is 2. The van der Waals surface area contributed by atoms with Crippen LogP contribution in [0.2, 0.25) is 0 Å². The highest BCUT2D eigenvalue weighted by Gasteiger charge is 2.08. The monoisotopic (exact) mass is 328 g/mol. The molecule has 0 heterocycles. The standard InChI is InChI=1S/C17H20N4O3/c1-13(14-5-3-2-4-6-14)20-17(22)19-12-11-18-15-7-9-16(10-8-15)21(23)24/h2-10,13,18H,11-12H2,1H3,(H2,19,20,22). The molecular weight excluding hydrogens is 308 g/mol. The van der Waals surface area contributed by atoms with Gasteiger partial charge in [-0.3, -0.25) is 10.1 Å². The SMILES string of the molecule is CC(NC(=O)NCCNc1ccc([N+](=O)[O-])cc1)c1ccccc1. The van der Waals surface area contributed by atoms with Crippen molar-refractivity contribution in [1.82, 2.24) is 10.6 Å². The smallest absolute Gasteiger partial charge is 0.315 e. The summed E-state index contributed by atoms with van der Waals surface area (Å²) in [5, 5.41) is 19.3. The number of non-ortho nitro benzene ring substituents is 1. The number of urea groups is 1. The van der Waals surface area contributed by atoms with Gasteiger partial charge in [0.05, 0.1) is 11.0 Å². The molecular formula is C17H20N4O3. The van der Waals surface area contributed by atoms with E-state index in [0.29, 0.717) is 13.1 Å². The molecule has 7 nitrogen and oxygen atoms in total. The van der Waals surface area contributed by atoms with Gasteiger partial charge in [0.25, 0.3) is 5.69 Å². The van der Waals surface area contributed by atoms with Gasteiger partial charge < -0.3 is 16.0 Å². The third kappa shape index (κ3) is 5.28. The Labute approximate surface area is 140 Å². The van der Waals surface area contributed by atoms with Crippen molar-refractivity contribution in [3.63, 3.8) is 0 Å². The molecule has 0 saturated heterocycles. The van der Waals surface area contributed by atoms with Gasteiger partial charge in [-0.25, -0.2) is 4.79 Å². The van der Waals surface area contributed by atoms with E-state index in [1.165, 1.54) is 12.1 Å². The Balaban J connectivity index is 1.68.